The molecule has 5 nitrogen and oxygen atoms in total. The van der Waals surface area contributed by atoms with E-state index in [1.165, 1.54) is 5.56 Å². The Kier molecular flexibility index (Phi) is 8.09. The molecule has 2 rings (SSSR count). The average Bonchev–Trinajstić information content (AvgIpc) is 2.61. The van der Waals surface area contributed by atoms with E-state index in [1.54, 1.807) is 7.05 Å². The van der Waals surface area contributed by atoms with Crippen molar-refractivity contribution >= 4 is 5.96 Å². The first-order valence-electron chi connectivity index (χ1n) is 9.17. The predicted molar refractivity (Wildman–Crippen MR) is 101 cm³/mol. The lowest BCUT2D eigenvalue weighted by Crippen LogP contribution is -2.50. The number of nitrogens with zero attached hydrogens (tertiary/aromatic N) is 2. The molecule has 1 fully saturated rings. The average molecular weight is 368 g/mol. The van der Waals surface area contributed by atoms with Gasteiger partial charge in [-0.25, -0.2) is 8.78 Å². The molecule has 26 heavy (non-hydrogen) atoms. The van der Waals surface area contributed by atoms with Crippen LogP contribution in [0.4, 0.5) is 8.78 Å². The second-order valence-electron chi connectivity index (χ2n) is 6.80. The molecule has 1 aromatic rings. The molecule has 0 spiro atoms. The number of likely N-dealkylation sites (tertiary alicyclic amines) is 1. The van der Waals surface area contributed by atoms with Gasteiger partial charge in [0.1, 0.15) is 11.9 Å². The molecule has 1 heterocycles. The van der Waals surface area contributed by atoms with Crippen LogP contribution in [-0.2, 0) is 0 Å². The minimum Gasteiger partial charge on any atom is -0.489 e. The fraction of sp³-hybridized carbons (Fsp3) is 0.632. The van der Waals surface area contributed by atoms with Crippen molar-refractivity contribution < 1.29 is 13.5 Å². The number of nitrogens with one attached hydrogen (secondary N) is 2. The summed E-state index contributed by atoms with van der Waals surface area (Å²) >= 11 is 0. The summed E-state index contributed by atoms with van der Waals surface area (Å²) in [5.41, 5.74) is 1.20. The fourth-order valence-corrected chi connectivity index (χ4v) is 2.97. The Morgan fingerprint density at radius 3 is 2.50 bits per heavy atom. The maximum atomic E-state index is 12.4. The standard InChI is InChI=1S/C19H30F2N4O/c1-14-4-6-17(7-5-14)26-15(2)12-23-19(22-3)24-16-8-10-25(11-9-16)13-18(20)21/h4-7,15-16,18H,8-13H2,1-3H3,(H2,22,23,24). The lowest BCUT2D eigenvalue weighted by atomic mass is 10.1. The summed E-state index contributed by atoms with van der Waals surface area (Å²) < 4.78 is 30.8. The molecule has 0 saturated carbocycles. The van der Waals surface area contributed by atoms with Crippen molar-refractivity contribution in [3.63, 3.8) is 0 Å². The zero-order chi connectivity index (χ0) is 18.9. The lowest BCUT2D eigenvalue weighted by molar-refractivity contribution is 0.0744. The molecule has 1 unspecified atom stereocenters. The molecule has 0 amide bonds. The molecule has 1 aliphatic heterocycles. The second-order valence-corrected chi connectivity index (χ2v) is 6.80. The van der Waals surface area contributed by atoms with E-state index in [-0.39, 0.29) is 18.7 Å². The monoisotopic (exact) mass is 368 g/mol. The van der Waals surface area contributed by atoms with Gasteiger partial charge in [-0.05, 0) is 38.8 Å². The van der Waals surface area contributed by atoms with Crippen molar-refractivity contribution in [2.45, 2.75) is 45.3 Å². The Morgan fingerprint density at radius 1 is 1.27 bits per heavy atom. The Bertz CT molecular complexity index is 557. The summed E-state index contributed by atoms with van der Waals surface area (Å²) in [6.07, 6.45) is -0.598. The van der Waals surface area contributed by atoms with Gasteiger partial charge < -0.3 is 15.4 Å². The number of halogens is 2. The lowest BCUT2D eigenvalue weighted by Gasteiger charge is -2.32. The molecule has 1 atom stereocenters. The van der Waals surface area contributed by atoms with E-state index < -0.39 is 6.43 Å². The first kappa shape index (κ1) is 20.4. The van der Waals surface area contributed by atoms with Crippen LogP contribution in [-0.4, -0.2) is 62.7 Å². The van der Waals surface area contributed by atoms with E-state index in [1.807, 2.05) is 43.0 Å². The molecule has 7 heteroatoms. The minimum absolute atomic E-state index is 0.0101. The number of aryl methyl sites for hydroxylation is 1. The van der Waals surface area contributed by atoms with E-state index in [0.717, 1.165) is 24.6 Å². The van der Waals surface area contributed by atoms with Crippen LogP contribution in [0, 0.1) is 6.92 Å². The highest BCUT2D eigenvalue weighted by Gasteiger charge is 2.22. The van der Waals surface area contributed by atoms with Gasteiger partial charge in [0.15, 0.2) is 5.96 Å². The highest BCUT2D eigenvalue weighted by Crippen LogP contribution is 2.13. The maximum Gasteiger partial charge on any atom is 0.251 e. The Balaban J connectivity index is 1.70. The Morgan fingerprint density at radius 2 is 1.92 bits per heavy atom. The number of alkyl halides is 2. The largest absolute Gasteiger partial charge is 0.489 e. The van der Waals surface area contributed by atoms with Crippen molar-refractivity contribution in [1.29, 1.82) is 0 Å². The molecule has 1 aliphatic rings. The van der Waals surface area contributed by atoms with Crippen LogP contribution in [0.15, 0.2) is 29.3 Å². The van der Waals surface area contributed by atoms with Crippen molar-refractivity contribution in [3.05, 3.63) is 29.8 Å². The van der Waals surface area contributed by atoms with Crippen molar-refractivity contribution in [3.8, 4) is 5.75 Å². The molecular formula is C19H30F2N4O. The number of aliphatic imine (C=N–C) groups is 1. The van der Waals surface area contributed by atoms with E-state index in [0.29, 0.717) is 19.6 Å². The highest BCUT2D eigenvalue weighted by molar-refractivity contribution is 5.80. The molecule has 0 radical (unpaired) electrons. The van der Waals surface area contributed by atoms with E-state index in [4.69, 9.17) is 4.74 Å². The van der Waals surface area contributed by atoms with Crippen LogP contribution in [0.2, 0.25) is 0 Å². The van der Waals surface area contributed by atoms with Gasteiger partial charge in [-0.1, -0.05) is 17.7 Å². The van der Waals surface area contributed by atoms with Gasteiger partial charge in [-0.3, -0.25) is 9.89 Å². The van der Waals surface area contributed by atoms with Crippen molar-refractivity contribution in [1.82, 2.24) is 15.5 Å². The van der Waals surface area contributed by atoms with Crippen molar-refractivity contribution in [2.75, 3.05) is 33.2 Å². The quantitative estimate of drug-likeness (QED) is 0.574. The fourth-order valence-electron chi connectivity index (χ4n) is 2.97. The smallest absolute Gasteiger partial charge is 0.251 e. The zero-order valence-corrected chi connectivity index (χ0v) is 15.8. The zero-order valence-electron chi connectivity index (χ0n) is 15.8. The molecule has 1 saturated heterocycles. The maximum absolute atomic E-state index is 12.4. The Hall–Kier alpha value is -1.89. The van der Waals surface area contributed by atoms with Crippen molar-refractivity contribution in [2.24, 2.45) is 4.99 Å². The first-order valence-corrected chi connectivity index (χ1v) is 9.17. The highest BCUT2D eigenvalue weighted by atomic mass is 19.3. The van der Waals surface area contributed by atoms with Crippen LogP contribution in [0.5, 0.6) is 5.75 Å². The number of piperidine rings is 1. The number of ether oxygens (including phenoxy) is 1. The van der Waals surface area contributed by atoms with E-state index in [9.17, 15) is 8.78 Å². The summed E-state index contributed by atoms with van der Waals surface area (Å²) in [7, 11) is 1.73. The Labute approximate surface area is 154 Å². The third-order valence-electron chi connectivity index (χ3n) is 4.46. The third-order valence-corrected chi connectivity index (χ3v) is 4.46. The number of hydrogen-bond donors (Lipinski definition) is 2. The van der Waals surface area contributed by atoms with Gasteiger partial charge >= 0.3 is 0 Å². The van der Waals surface area contributed by atoms with Crippen LogP contribution in [0.3, 0.4) is 0 Å². The van der Waals surface area contributed by atoms with E-state index in [2.05, 4.69) is 15.6 Å². The molecule has 146 valence electrons. The third kappa shape index (κ3) is 7.15. The van der Waals surface area contributed by atoms with Gasteiger partial charge in [0.2, 0.25) is 0 Å². The summed E-state index contributed by atoms with van der Waals surface area (Å²) in [5, 5.41) is 6.65. The summed E-state index contributed by atoms with van der Waals surface area (Å²) in [4.78, 5) is 6.06. The number of guanidine groups is 1. The summed E-state index contributed by atoms with van der Waals surface area (Å²) in [6.45, 7) is 5.91. The number of hydrogen-bond acceptors (Lipinski definition) is 3. The summed E-state index contributed by atoms with van der Waals surface area (Å²) in [6, 6.07) is 8.23. The van der Waals surface area contributed by atoms with Crippen LogP contribution < -0.4 is 15.4 Å². The van der Waals surface area contributed by atoms with Gasteiger partial charge in [0, 0.05) is 26.2 Å². The summed E-state index contributed by atoms with van der Waals surface area (Å²) in [5.74, 6) is 1.57. The van der Waals surface area contributed by atoms with Crippen LogP contribution >= 0.6 is 0 Å². The normalized spacial score (nSPS) is 18.0. The molecule has 1 aromatic carbocycles. The van der Waals surface area contributed by atoms with E-state index >= 15 is 0 Å². The molecule has 0 aromatic heterocycles. The number of benzene rings is 1. The molecule has 0 aliphatic carbocycles. The molecular weight excluding hydrogens is 338 g/mol. The number of rotatable bonds is 7. The van der Waals surface area contributed by atoms with Gasteiger partial charge in [0.25, 0.3) is 6.43 Å². The van der Waals surface area contributed by atoms with Gasteiger partial charge in [-0.2, -0.15) is 0 Å². The molecule has 2 N–H and O–H groups in total. The molecule has 0 bridgehead atoms. The SMILES string of the molecule is CN=C(NCC(C)Oc1ccc(C)cc1)NC1CCN(CC(F)F)CC1. The van der Waals surface area contributed by atoms with Gasteiger partial charge in [-0.15, -0.1) is 0 Å². The minimum atomic E-state index is -2.26. The van der Waals surface area contributed by atoms with Gasteiger partial charge in [0.05, 0.1) is 13.1 Å². The second kappa shape index (κ2) is 10.3. The predicted octanol–water partition coefficient (Wildman–Crippen LogP) is 2.66. The van der Waals surface area contributed by atoms with Crippen LogP contribution in [0.25, 0.3) is 0 Å². The van der Waals surface area contributed by atoms with Crippen LogP contribution in [0.1, 0.15) is 25.3 Å². The first-order chi connectivity index (χ1) is 12.5. The topological polar surface area (TPSA) is 48.9 Å².